The Hall–Kier alpha value is -0.0800. The Kier molecular flexibility index (Phi) is 1.15. The minimum absolute atomic E-state index is 0.240. The highest BCUT2D eigenvalue weighted by Gasteiger charge is 2.59. The van der Waals surface area contributed by atoms with E-state index >= 15 is 0 Å². The van der Waals surface area contributed by atoms with Crippen LogP contribution in [-0.2, 0) is 4.74 Å². The first kappa shape index (κ1) is 6.62. The highest BCUT2D eigenvalue weighted by Crippen LogP contribution is 2.56. The first-order valence-corrected chi connectivity index (χ1v) is 3.97. The summed E-state index contributed by atoms with van der Waals surface area (Å²) in [5.41, 5.74) is 0.778. The lowest BCUT2D eigenvalue weighted by Crippen LogP contribution is -2.48. The van der Waals surface area contributed by atoms with Crippen molar-refractivity contribution in [1.29, 1.82) is 0 Å². The van der Waals surface area contributed by atoms with Crippen molar-refractivity contribution >= 4 is 0 Å². The lowest BCUT2D eigenvalue weighted by molar-refractivity contribution is -0.00849. The Balaban J connectivity index is 2.00. The molecular weight excluding hydrogens is 126 g/mol. The second-order valence-electron chi connectivity index (χ2n) is 4.17. The molecule has 2 nitrogen and oxygen atoms in total. The molecule has 1 saturated carbocycles. The van der Waals surface area contributed by atoms with Crippen LogP contribution >= 0.6 is 0 Å². The molecule has 10 heavy (non-hydrogen) atoms. The van der Waals surface area contributed by atoms with E-state index < -0.39 is 0 Å². The maximum atomic E-state index is 5.70. The molecule has 2 saturated heterocycles. The Morgan fingerprint density at radius 3 is 2.60 bits per heavy atom. The van der Waals surface area contributed by atoms with Crippen LogP contribution in [0.25, 0.3) is 0 Å². The van der Waals surface area contributed by atoms with E-state index in [1.807, 2.05) is 7.05 Å². The number of ether oxygens (including phenoxy) is 1. The smallest absolute Gasteiger partial charge is 0.0818 e. The molecule has 58 valence electrons. The number of likely N-dealkylation sites (N-methyl/N-ethyl adjacent to an activating group) is 1. The fourth-order valence-corrected chi connectivity index (χ4v) is 2.53. The van der Waals surface area contributed by atoms with Gasteiger partial charge in [-0.05, 0) is 25.3 Å². The van der Waals surface area contributed by atoms with Crippen molar-refractivity contribution in [2.24, 2.45) is 5.41 Å². The second-order valence-corrected chi connectivity index (χ2v) is 4.17. The Morgan fingerprint density at radius 1 is 1.50 bits per heavy atom. The van der Waals surface area contributed by atoms with Crippen LogP contribution in [-0.4, -0.2) is 25.8 Å². The topological polar surface area (TPSA) is 21.3 Å². The van der Waals surface area contributed by atoms with E-state index in [9.17, 15) is 0 Å². The fraction of sp³-hybridized carbons (Fsp3) is 1.00. The number of fused-ring (bicyclic) bond motifs is 1. The molecule has 1 N–H and O–H groups in total. The van der Waals surface area contributed by atoms with Crippen molar-refractivity contribution in [3.63, 3.8) is 0 Å². The van der Waals surface area contributed by atoms with Crippen LogP contribution in [0.4, 0.5) is 0 Å². The zero-order valence-electron chi connectivity index (χ0n) is 6.74. The summed E-state index contributed by atoms with van der Waals surface area (Å²) in [6, 6.07) is 0. The van der Waals surface area contributed by atoms with Gasteiger partial charge in [-0.25, -0.2) is 0 Å². The molecule has 2 heterocycles. The monoisotopic (exact) mass is 141 g/mol. The van der Waals surface area contributed by atoms with E-state index in [2.05, 4.69) is 12.2 Å². The molecule has 3 rings (SSSR count). The maximum absolute atomic E-state index is 5.70. The largest absolute Gasteiger partial charge is 0.373 e. The Bertz CT molecular complexity index is 145. The summed E-state index contributed by atoms with van der Waals surface area (Å²) in [4.78, 5) is 0. The highest BCUT2D eigenvalue weighted by atomic mass is 16.5. The number of nitrogens with one attached hydrogen (secondary N) is 1. The minimum Gasteiger partial charge on any atom is -0.373 e. The molecule has 0 amide bonds. The van der Waals surface area contributed by atoms with Crippen LogP contribution in [0.5, 0.6) is 0 Å². The summed E-state index contributed by atoms with van der Waals surface area (Å²) in [6.45, 7) is 4.32. The van der Waals surface area contributed by atoms with Gasteiger partial charge in [0.2, 0.25) is 0 Å². The van der Waals surface area contributed by atoms with Crippen LogP contribution < -0.4 is 5.32 Å². The molecule has 0 spiro atoms. The van der Waals surface area contributed by atoms with Gasteiger partial charge in [0, 0.05) is 6.54 Å². The average molecular weight is 141 g/mol. The molecule has 0 atom stereocenters. The quantitative estimate of drug-likeness (QED) is 0.613. The average Bonchev–Trinajstić information content (AvgIpc) is 2.21. The predicted molar refractivity (Wildman–Crippen MR) is 40.0 cm³/mol. The van der Waals surface area contributed by atoms with Crippen LogP contribution in [0.15, 0.2) is 0 Å². The van der Waals surface area contributed by atoms with Crippen molar-refractivity contribution in [1.82, 2.24) is 5.32 Å². The van der Waals surface area contributed by atoms with Gasteiger partial charge in [-0.3, -0.25) is 0 Å². The van der Waals surface area contributed by atoms with E-state index in [0.717, 1.165) is 13.2 Å². The van der Waals surface area contributed by atoms with Gasteiger partial charge in [0.15, 0.2) is 0 Å². The number of rotatable bonds is 2. The molecule has 0 aromatic carbocycles. The van der Waals surface area contributed by atoms with E-state index in [1.165, 1.54) is 12.8 Å². The fourth-order valence-electron chi connectivity index (χ4n) is 2.53. The molecule has 3 aliphatic rings. The summed E-state index contributed by atoms with van der Waals surface area (Å²) in [5.74, 6) is 0. The van der Waals surface area contributed by atoms with E-state index in [1.54, 1.807) is 0 Å². The van der Waals surface area contributed by atoms with Crippen molar-refractivity contribution < 1.29 is 4.74 Å². The summed E-state index contributed by atoms with van der Waals surface area (Å²) in [5, 5.41) is 3.18. The van der Waals surface area contributed by atoms with E-state index in [0.29, 0.717) is 5.41 Å². The number of hydrogen-bond acceptors (Lipinski definition) is 2. The molecule has 0 radical (unpaired) electrons. The van der Waals surface area contributed by atoms with Gasteiger partial charge in [0.25, 0.3) is 0 Å². The number of hydrogen-bond donors (Lipinski definition) is 1. The Morgan fingerprint density at radius 2 is 2.20 bits per heavy atom. The molecule has 0 unspecified atom stereocenters. The minimum atomic E-state index is 0.240. The predicted octanol–water partition coefficient (Wildman–Crippen LogP) is 0.775. The van der Waals surface area contributed by atoms with Gasteiger partial charge >= 0.3 is 0 Å². The van der Waals surface area contributed by atoms with Gasteiger partial charge in [-0.2, -0.15) is 0 Å². The van der Waals surface area contributed by atoms with Crippen molar-refractivity contribution in [2.75, 3.05) is 20.2 Å². The van der Waals surface area contributed by atoms with Crippen LogP contribution in [0.1, 0.15) is 19.8 Å². The molecule has 3 fully saturated rings. The normalized spacial score (nSPS) is 51.0. The highest BCUT2D eigenvalue weighted by molar-refractivity contribution is 5.09. The van der Waals surface area contributed by atoms with Crippen molar-refractivity contribution in [2.45, 2.75) is 25.4 Å². The summed E-state index contributed by atoms with van der Waals surface area (Å²) < 4.78 is 5.70. The Labute approximate surface area is 61.9 Å². The standard InChI is InChI=1S/C8H15NO/c1-7-3-8(4-7,5-9-2)10-6-7/h9H,3-6H2,1-2H3. The lowest BCUT2D eigenvalue weighted by atomic mass is 9.64. The summed E-state index contributed by atoms with van der Waals surface area (Å²) >= 11 is 0. The molecule has 2 heteroatoms. The third kappa shape index (κ3) is 0.722. The van der Waals surface area contributed by atoms with Gasteiger partial charge < -0.3 is 10.1 Å². The third-order valence-electron chi connectivity index (χ3n) is 2.72. The summed E-state index contributed by atoms with van der Waals surface area (Å²) in [6.07, 6.45) is 2.53. The van der Waals surface area contributed by atoms with Crippen LogP contribution in [0.3, 0.4) is 0 Å². The third-order valence-corrected chi connectivity index (χ3v) is 2.72. The van der Waals surface area contributed by atoms with Crippen LogP contribution in [0.2, 0.25) is 0 Å². The van der Waals surface area contributed by atoms with E-state index in [4.69, 9.17) is 4.74 Å². The zero-order chi connectivity index (χ0) is 7.24. The van der Waals surface area contributed by atoms with E-state index in [-0.39, 0.29) is 5.60 Å². The van der Waals surface area contributed by atoms with Crippen molar-refractivity contribution in [3.05, 3.63) is 0 Å². The molecule has 2 bridgehead atoms. The lowest BCUT2D eigenvalue weighted by Gasteiger charge is -2.42. The molecule has 2 aliphatic heterocycles. The molecular formula is C8H15NO. The SMILES string of the molecule is CNCC12CC(C)(CO1)C2. The van der Waals surface area contributed by atoms with Crippen molar-refractivity contribution in [3.8, 4) is 0 Å². The first-order chi connectivity index (χ1) is 4.68. The first-order valence-electron chi connectivity index (χ1n) is 3.97. The second kappa shape index (κ2) is 1.74. The summed E-state index contributed by atoms with van der Waals surface area (Å²) in [7, 11) is 1.99. The van der Waals surface area contributed by atoms with Gasteiger partial charge in [0.1, 0.15) is 0 Å². The van der Waals surface area contributed by atoms with Gasteiger partial charge in [0.05, 0.1) is 12.2 Å². The molecule has 0 aromatic rings. The maximum Gasteiger partial charge on any atom is 0.0818 e. The van der Waals surface area contributed by atoms with Crippen LogP contribution in [0, 0.1) is 5.41 Å². The zero-order valence-corrected chi connectivity index (χ0v) is 6.74. The van der Waals surface area contributed by atoms with Gasteiger partial charge in [-0.1, -0.05) is 6.92 Å². The van der Waals surface area contributed by atoms with Gasteiger partial charge in [-0.15, -0.1) is 0 Å². The molecule has 0 aromatic heterocycles. The molecule has 1 aliphatic carbocycles.